The Kier molecular flexibility index (Phi) is 3.89. The molecule has 3 rings (SSSR count). The first-order chi connectivity index (χ1) is 10.8. The molecule has 0 radical (unpaired) electrons. The summed E-state index contributed by atoms with van der Waals surface area (Å²) in [5.74, 6) is 0.600. The highest BCUT2D eigenvalue weighted by Crippen LogP contribution is 2.27. The summed E-state index contributed by atoms with van der Waals surface area (Å²) in [6.45, 7) is 5.03. The number of sulfonamides is 1. The predicted octanol–water partition coefficient (Wildman–Crippen LogP) is 0.883. The summed E-state index contributed by atoms with van der Waals surface area (Å²) < 4.78 is 27.2. The number of aromatic amines is 2. The minimum absolute atomic E-state index is 0.0730. The maximum atomic E-state index is 12.8. The van der Waals surface area contributed by atoms with Crippen LogP contribution >= 0.6 is 0 Å². The van der Waals surface area contributed by atoms with Crippen LogP contribution in [0, 0.1) is 11.8 Å². The lowest BCUT2D eigenvalue weighted by atomic mass is 9.94. The summed E-state index contributed by atoms with van der Waals surface area (Å²) >= 11 is 0. The summed E-state index contributed by atoms with van der Waals surface area (Å²) in [5, 5.41) is 0.156. The number of hydrogen-bond donors (Lipinski definition) is 2. The predicted molar refractivity (Wildman–Crippen MR) is 86.9 cm³/mol. The molecule has 7 nitrogen and oxygen atoms in total. The molecule has 2 aromatic rings. The molecular weight excluding hydrogens is 318 g/mol. The summed E-state index contributed by atoms with van der Waals surface area (Å²) in [6.07, 6.45) is 1.00. The van der Waals surface area contributed by atoms with Gasteiger partial charge in [0.2, 0.25) is 10.0 Å². The van der Waals surface area contributed by atoms with Gasteiger partial charge >= 0.3 is 5.69 Å². The molecule has 8 heteroatoms. The van der Waals surface area contributed by atoms with E-state index >= 15 is 0 Å². The van der Waals surface area contributed by atoms with Gasteiger partial charge in [0.05, 0.1) is 15.8 Å². The lowest BCUT2D eigenvalue weighted by Gasteiger charge is -2.34. The third-order valence-corrected chi connectivity index (χ3v) is 6.01. The van der Waals surface area contributed by atoms with Gasteiger partial charge in [0.25, 0.3) is 5.56 Å². The van der Waals surface area contributed by atoms with E-state index in [1.54, 1.807) is 0 Å². The maximum absolute atomic E-state index is 12.8. The number of aromatic nitrogens is 2. The van der Waals surface area contributed by atoms with Crippen LogP contribution in [0.25, 0.3) is 10.9 Å². The highest BCUT2D eigenvalue weighted by molar-refractivity contribution is 7.89. The number of H-pyrrole nitrogens is 2. The molecule has 23 heavy (non-hydrogen) atoms. The molecule has 0 bridgehead atoms. The molecular formula is C15H19N3O4S. The number of benzene rings is 1. The molecule has 0 spiro atoms. The van der Waals surface area contributed by atoms with E-state index in [2.05, 4.69) is 9.97 Å². The second-order valence-corrected chi connectivity index (χ2v) is 8.32. The van der Waals surface area contributed by atoms with Crippen molar-refractivity contribution in [1.29, 1.82) is 0 Å². The van der Waals surface area contributed by atoms with Gasteiger partial charge in [-0.25, -0.2) is 13.2 Å². The molecule has 1 fully saturated rings. The Hall–Kier alpha value is -1.93. The number of fused-ring (bicyclic) bond motifs is 1. The largest absolute Gasteiger partial charge is 0.326 e. The van der Waals surface area contributed by atoms with Gasteiger partial charge in [-0.15, -0.1) is 0 Å². The van der Waals surface area contributed by atoms with Crippen LogP contribution in [0.5, 0.6) is 0 Å². The third kappa shape index (κ3) is 2.96. The molecule has 2 heterocycles. The van der Waals surface area contributed by atoms with Crippen LogP contribution in [-0.4, -0.2) is 35.8 Å². The van der Waals surface area contributed by atoms with Crippen molar-refractivity contribution in [3.8, 4) is 0 Å². The van der Waals surface area contributed by atoms with Gasteiger partial charge in [-0.2, -0.15) is 4.31 Å². The van der Waals surface area contributed by atoms with E-state index < -0.39 is 21.3 Å². The highest BCUT2D eigenvalue weighted by atomic mass is 32.2. The van der Waals surface area contributed by atoms with Crippen molar-refractivity contribution in [2.75, 3.05) is 13.1 Å². The maximum Gasteiger partial charge on any atom is 0.326 e. The van der Waals surface area contributed by atoms with E-state index in [-0.39, 0.29) is 10.3 Å². The van der Waals surface area contributed by atoms with Crippen LogP contribution in [0.3, 0.4) is 0 Å². The smallest absolute Gasteiger partial charge is 0.307 e. The van der Waals surface area contributed by atoms with Gasteiger partial charge in [0.1, 0.15) is 0 Å². The van der Waals surface area contributed by atoms with Gasteiger partial charge < -0.3 is 4.98 Å². The molecule has 1 saturated heterocycles. The second-order valence-electron chi connectivity index (χ2n) is 6.38. The third-order valence-electron chi connectivity index (χ3n) is 4.18. The van der Waals surface area contributed by atoms with Gasteiger partial charge in [-0.05, 0) is 36.5 Å². The Morgan fingerprint density at radius 3 is 2.39 bits per heavy atom. The van der Waals surface area contributed by atoms with Crippen LogP contribution < -0.4 is 11.2 Å². The molecule has 1 aromatic carbocycles. The number of nitrogens with zero attached hydrogens (tertiary/aromatic N) is 1. The van der Waals surface area contributed by atoms with Crippen molar-refractivity contribution in [1.82, 2.24) is 14.3 Å². The monoisotopic (exact) mass is 337 g/mol. The van der Waals surface area contributed by atoms with Crippen LogP contribution in [0.4, 0.5) is 0 Å². The Bertz CT molecular complexity index is 951. The van der Waals surface area contributed by atoms with Crippen molar-refractivity contribution in [3.63, 3.8) is 0 Å². The van der Waals surface area contributed by atoms with E-state index in [4.69, 9.17) is 0 Å². The van der Waals surface area contributed by atoms with Crippen LogP contribution in [0.1, 0.15) is 20.3 Å². The fourth-order valence-corrected chi connectivity index (χ4v) is 4.96. The normalized spacial score (nSPS) is 23.2. The zero-order chi connectivity index (χ0) is 16.8. The minimum atomic E-state index is -3.66. The van der Waals surface area contributed by atoms with E-state index in [1.165, 1.54) is 22.5 Å². The van der Waals surface area contributed by atoms with Crippen LogP contribution in [0.2, 0.25) is 0 Å². The summed E-state index contributed by atoms with van der Waals surface area (Å²) in [7, 11) is -3.66. The molecule has 0 saturated carbocycles. The van der Waals surface area contributed by atoms with E-state index in [0.717, 1.165) is 6.42 Å². The summed E-state index contributed by atoms with van der Waals surface area (Å²) in [4.78, 5) is 27.8. The van der Waals surface area contributed by atoms with Crippen LogP contribution in [0.15, 0.2) is 32.7 Å². The molecule has 124 valence electrons. The van der Waals surface area contributed by atoms with Crippen molar-refractivity contribution in [2.24, 2.45) is 11.8 Å². The summed E-state index contributed by atoms with van der Waals surface area (Å²) in [5.41, 5.74) is -0.893. The van der Waals surface area contributed by atoms with Crippen LogP contribution in [-0.2, 0) is 10.0 Å². The first-order valence-corrected chi connectivity index (χ1v) is 8.98. The Labute approximate surface area is 133 Å². The van der Waals surface area contributed by atoms with Gasteiger partial charge in [-0.3, -0.25) is 9.78 Å². The molecule has 2 atom stereocenters. The molecule has 0 aliphatic carbocycles. The number of piperidine rings is 1. The summed E-state index contributed by atoms with van der Waals surface area (Å²) in [6, 6.07) is 4.20. The molecule has 1 aliphatic heterocycles. The topological polar surface area (TPSA) is 103 Å². The first-order valence-electron chi connectivity index (χ1n) is 7.54. The molecule has 2 N–H and O–H groups in total. The van der Waals surface area contributed by atoms with Crippen molar-refractivity contribution < 1.29 is 8.42 Å². The molecule has 1 aliphatic rings. The lowest BCUT2D eigenvalue weighted by molar-refractivity contribution is 0.222. The Balaban J connectivity index is 2.08. The van der Waals surface area contributed by atoms with Gasteiger partial charge in [0.15, 0.2) is 0 Å². The Morgan fingerprint density at radius 1 is 1.09 bits per heavy atom. The van der Waals surface area contributed by atoms with Gasteiger partial charge in [0, 0.05) is 13.1 Å². The number of nitrogens with one attached hydrogen (secondary N) is 2. The van der Waals surface area contributed by atoms with E-state index in [9.17, 15) is 18.0 Å². The quantitative estimate of drug-likeness (QED) is 0.849. The highest BCUT2D eigenvalue weighted by Gasteiger charge is 2.31. The average Bonchev–Trinajstić information content (AvgIpc) is 2.45. The first kappa shape index (κ1) is 15.9. The standard InChI is InChI=1S/C15H19N3O4S/c1-9-5-10(2)8-18(7-9)23(21,22)11-3-4-13-12(6-11)14(19)17-15(20)16-13/h3-4,6,9-10H,5,7-8H2,1-2H3,(H2,16,17,19,20). The average molecular weight is 337 g/mol. The minimum Gasteiger partial charge on any atom is -0.307 e. The molecule has 1 aromatic heterocycles. The fraction of sp³-hybridized carbons (Fsp3) is 0.467. The van der Waals surface area contributed by atoms with E-state index in [0.29, 0.717) is 30.4 Å². The molecule has 2 unspecified atom stereocenters. The second kappa shape index (κ2) is 5.61. The van der Waals surface area contributed by atoms with E-state index in [1.807, 2.05) is 13.8 Å². The number of rotatable bonds is 2. The molecule has 0 amide bonds. The van der Waals surface area contributed by atoms with Crippen molar-refractivity contribution in [3.05, 3.63) is 39.0 Å². The SMILES string of the molecule is CC1CC(C)CN(S(=O)(=O)c2ccc3[nH]c(=O)[nH]c(=O)c3c2)C1. The number of hydrogen-bond acceptors (Lipinski definition) is 4. The lowest BCUT2D eigenvalue weighted by Crippen LogP contribution is -2.42. The van der Waals surface area contributed by atoms with Crippen molar-refractivity contribution in [2.45, 2.75) is 25.2 Å². The zero-order valence-electron chi connectivity index (χ0n) is 13.0. The Morgan fingerprint density at radius 2 is 1.74 bits per heavy atom. The van der Waals surface area contributed by atoms with Crippen molar-refractivity contribution >= 4 is 20.9 Å². The zero-order valence-corrected chi connectivity index (χ0v) is 13.8. The van der Waals surface area contributed by atoms with Gasteiger partial charge in [-0.1, -0.05) is 13.8 Å². The fourth-order valence-electron chi connectivity index (χ4n) is 3.26.